The molecule has 0 aromatic carbocycles. The number of aliphatic carboxylic acids is 1. The highest BCUT2D eigenvalue weighted by molar-refractivity contribution is 5.78. The number of carboxylic acid groups (broad SMARTS) is 1. The number of hydrogen-bond acceptors (Lipinski definition) is 2. The molecule has 114 valence electrons. The number of carbonyl (C=O) groups excluding carboxylic acids is 1. The molecule has 1 rings (SSSR count). The van der Waals surface area contributed by atoms with E-state index in [0.717, 1.165) is 12.8 Å². The van der Waals surface area contributed by atoms with Crippen LogP contribution >= 0.6 is 0 Å². The Kier molecular flexibility index (Phi) is 6.05. The zero-order chi connectivity index (χ0) is 15.2. The van der Waals surface area contributed by atoms with Crippen LogP contribution in [0.5, 0.6) is 0 Å². The topological polar surface area (TPSA) is 78.4 Å². The molecule has 1 saturated carbocycles. The van der Waals surface area contributed by atoms with E-state index in [1.54, 1.807) is 6.08 Å². The molecule has 1 unspecified atom stereocenters. The molecule has 2 amide bonds. The second-order valence-electron chi connectivity index (χ2n) is 6.02. The average molecular weight is 282 g/mol. The first-order valence-corrected chi connectivity index (χ1v) is 7.28. The molecule has 0 saturated heterocycles. The predicted octanol–water partition coefficient (Wildman–Crippen LogP) is 2.53. The highest BCUT2D eigenvalue weighted by Crippen LogP contribution is 2.38. The van der Waals surface area contributed by atoms with Crippen molar-refractivity contribution in [2.45, 2.75) is 52.0 Å². The summed E-state index contributed by atoms with van der Waals surface area (Å²) in [5, 5.41) is 15.0. The van der Waals surface area contributed by atoms with Gasteiger partial charge in [-0.15, -0.1) is 6.58 Å². The van der Waals surface area contributed by atoms with Crippen molar-refractivity contribution in [2.75, 3.05) is 6.54 Å². The summed E-state index contributed by atoms with van der Waals surface area (Å²) < 4.78 is 0. The molecule has 5 nitrogen and oxygen atoms in total. The maximum absolute atomic E-state index is 11.8. The molecular weight excluding hydrogens is 256 g/mol. The lowest BCUT2D eigenvalue weighted by Gasteiger charge is -2.35. The van der Waals surface area contributed by atoms with E-state index >= 15 is 0 Å². The zero-order valence-corrected chi connectivity index (χ0v) is 12.4. The van der Waals surface area contributed by atoms with Crippen molar-refractivity contribution < 1.29 is 14.7 Å². The van der Waals surface area contributed by atoms with Crippen LogP contribution in [0.15, 0.2) is 12.7 Å². The lowest BCUT2D eigenvalue weighted by Crippen LogP contribution is -2.49. The summed E-state index contributed by atoms with van der Waals surface area (Å²) in [5.41, 5.74) is -0.800. The van der Waals surface area contributed by atoms with Crippen molar-refractivity contribution in [2.24, 2.45) is 11.3 Å². The molecule has 0 heterocycles. The van der Waals surface area contributed by atoms with Crippen LogP contribution in [-0.4, -0.2) is 29.7 Å². The van der Waals surface area contributed by atoms with Crippen molar-refractivity contribution in [1.82, 2.24) is 10.6 Å². The Labute approximate surface area is 120 Å². The number of carbonyl (C=O) groups is 2. The normalized spacial score (nSPS) is 27.4. The third-order valence-electron chi connectivity index (χ3n) is 4.17. The predicted molar refractivity (Wildman–Crippen MR) is 78.5 cm³/mol. The lowest BCUT2D eigenvalue weighted by molar-refractivity contribution is -0.151. The molecule has 5 heteroatoms. The highest BCUT2D eigenvalue weighted by atomic mass is 16.4. The molecule has 0 radical (unpaired) electrons. The number of nitrogens with one attached hydrogen (secondary N) is 2. The molecule has 1 aliphatic carbocycles. The first-order valence-electron chi connectivity index (χ1n) is 7.28. The van der Waals surface area contributed by atoms with Crippen LogP contribution in [0.4, 0.5) is 4.79 Å². The van der Waals surface area contributed by atoms with Gasteiger partial charge in [0, 0.05) is 12.6 Å². The number of urea groups is 1. The molecule has 0 spiro atoms. The summed E-state index contributed by atoms with van der Waals surface area (Å²) in [6.45, 7) is 7.84. The van der Waals surface area contributed by atoms with Crippen LogP contribution in [0, 0.1) is 11.3 Å². The van der Waals surface area contributed by atoms with Crippen LogP contribution in [0.3, 0.4) is 0 Å². The smallest absolute Gasteiger partial charge is 0.315 e. The van der Waals surface area contributed by atoms with E-state index in [4.69, 9.17) is 0 Å². The second kappa shape index (κ2) is 7.31. The fraction of sp³-hybridized carbons (Fsp3) is 0.733. The molecule has 0 aromatic heterocycles. The third-order valence-corrected chi connectivity index (χ3v) is 4.17. The minimum atomic E-state index is -0.802. The number of amides is 2. The fourth-order valence-corrected chi connectivity index (χ4v) is 2.61. The molecule has 0 bridgehead atoms. The summed E-state index contributed by atoms with van der Waals surface area (Å²) in [6, 6.07) is -0.307. The van der Waals surface area contributed by atoms with Crippen LogP contribution in [-0.2, 0) is 4.79 Å². The van der Waals surface area contributed by atoms with E-state index in [1.165, 1.54) is 0 Å². The van der Waals surface area contributed by atoms with Crippen molar-refractivity contribution in [3.8, 4) is 0 Å². The highest BCUT2D eigenvalue weighted by Gasteiger charge is 2.41. The Morgan fingerprint density at radius 2 is 2.05 bits per heavy atom. The summed E-state index contributed by atoms with van der Waals surface area (Å²) in [7, 11) is 0. The molecule has 0 aliphatic heterocycles. The van der Waals surface area contributed by atoms with Crippen molar-refractivity contribution >= 4 is 12.0 Å². The van der Waals surface area contributed by atoms with E-state index in [-0.39, 0.29) is 18.6 Å². The fourth-order valence-electron chi connectivity index (χ4n) is 2.61. The van der Waals surface area contributed by atoms with E-state index in [9.17, 15) is 14.7 Å². The molecule has 20 heavy (non-hydrogen) atoms. The Hall–Kier alpha value is -1.52. The van der Waals surface area contributed by atoms with Crippen LogP contribution in [0.2, 0.25) is 0 Å². The standard InChI is InChI=1S/C15H26N2O3/c1-4-5-12(3)17-14(20)16-10-15(13(18)19)8-6-11(2)7-9-15/h4,11-12H,1,5-10H2,2-3H3,(H,18,19)(H2,16,17,20). The van der Waals surface area contributed by atoms with Gasteiger partial charge >= 0.3 is 12.0 Å². The SMILES string of the molecule is C=CCC(C)NC(=O)NCC1(C(=O)O)CCC(C)CC1. The Morgan fingerprint density at radius 1 is 1.45 bits per heavy atom. The minimum Gasteiger partial charge on any atom is -0.481 e. The monoisotopic (exact) mass is 282 g/mol. The Bertz CT molecular complexity index is 360. The Morgan fingerprint density at radius 3 is 2.55 bits per heavy atom. The summed E-state index contributed by atoms with van der Waals surface area (Å²) in [4.78, 5) is 23.3. The average Bonchev–Trinajstić information content (AvgIpc) is 2.38. The molecule has 1 atom stereocenters. The third kappa shape index (κ3) is 4.54. The lowest BCUT2D eigenvalue weighted by atomic mass is 9.71. The van der Waals surface area contributed by atoms with Gasteiger partial charge in [-0.25, -0.2) is 4.79 Å². The number of rotatable bonds is 6. The largest absolute Gasteiger partial charge is 0.481 e. The molecular formula is C15H26N2O3. The van der Waals surface area contributed by atoms with Gasteiger partial charge in [-0.3, -0.25) is 4.79 Å². The van der Waals surface area contributed by atoms with Crippen LogP contribution in [0.25, 0.3) is 0 Å². The quantitative estimate of drug-likeness (QED) is 0.655. The Balaban J connectivity index is 2.49. The minimum absolute atomic E-state index is 0.000318. The van der Waals surface area contributed by atoms with Gasteiger partial charge in [-0.2, -0.15) is 0 Å². The first-order chi connectivity index (χ1) is 9.39. The van der Waals surface area contributed by atoms with E-state index in [1.807, 2.05) is 6.92 Å². The summed E-state index contributed by atoms with van der Waals surface area (Å²) in [6.07, 6.45) is 5.50. The van der Waals surface area contributed by atoms with Crippen molar-refractivity contribution in [3.63, 3.8) is 0 Å². The molecule has 0 aromatic rings. The van der Waals surface area contributed by atoms with E-state index in [2.05, 4.69) is 24.1 Å². The maximum Gasteiger partial charge on any atom is 0.315 e. The number of carboxylic acids is 1. The molecule has 3 N–H and O–H groups in total. The van der Waals surface area contributed by atoms with Gasteiger partial charge in [0.1, 0.15) is 0 Å². The van der Waals surface area contributed by atoms with Crippen molar-refractivity contribution in [1.29, 1.82) is 0 Å². The van der Waals surface area contributed by atoms with Gasteiger partial charge in [0.25, 0.3) is 0 Å². The van der Waals surface area contributed by atoms with Gasteiger partial charge in [-0.05, 0) is 44.9 Å². The van der Waals surface area contributed by atoms with Gasteiger partial charge < -0.3 is 15.7 Å². The molecule has 1 fully saturated rings. The van der Waals surface area contributed by atoms with Crippen molar-refractivity contribution in [3.05, 3.63) is 12.7 Å². The van der Waals surface area contributed by atoms with Gasteiger partial charge in [0.2, 0.25) is 0 Å². The van der Waals surface area contributed by atoms with Crippen LogP contribution < -0.4 is 10.6 Å². The second-order valence-corrected chi connectivity index (χ2v) is 6.02. The van der Waals surface area contributed by atoms with Gasteiger partial charge in [-0.1, -0.05) is 13.0 Å². The van der Waals surface area contributed by atoms with Gasteiger partial charge in [0.05, 0.1) is 5.41 Å². The van der Waals surface area contributed by atoms with E-state index in [0.29, 0.717) is 25.2 Å². The molecule has 1 aliphatic rings. The van der Waals surface area contributed by atoms with Gasteiger partial charge in [0.15, 0.2) is 0 Å². The van der Waals surface area contributed by atoms with E-state index < -0.39 is 11.4 Å². The summed E-state index contributed by atoms with van der Waals surface area (Å²) in [5.74, 6) is -0.229. The maximum atomic E-state index is 11.8. The summed E-state index contributed by atoms with van der Waals surface area (Å²) >= 11 is 0. The van der Waals surface area contributed by atoms with Crippen LogP contribution in [0.1, 0.15) is 46.0 Å². The number of hydrogen-bond donors (Lipinski definition) is 3. The first kappa shape index (κ1) is 16.5. The zero-order valence-electron chi connectivity index (χ0n) is 12.4.